The van der Waals surface area contributed by atoms with Crippen molar-refractivity contribution in [2.24, 2.45) is 11.1 Å². The summed E-state index contributed by atoms with van der Waals surface area (Å²) < 4.78 is 22.7. The van der Waals surface area contributed by atoms with Crippen LogP contribution in [0.5, 0.6) is 0 Å². The van der Waals surface area contributed by atoms with Gasteiger partial charge in [0.15, 0.2) is 0 Å². The number of nitrogens with one attached hydrogen (secondary N) is 1. The zero-order valence-corrected chi connectivity index (χ0v) is 14.5. The van der Waals surface area contributed by atoms with Gasteiger partial charge in [-0.05, 0) is 56.8 Å². The molecular formula is C16H25N3O3S. The molecule has 128 valence electrons. The number of amides is 1. The Balaban J connectivity index is 1.92. The normalized spacial score (nSPS) is 22.1. The van der Waals surface area contributed by atoms with Crippen LogP contribution in [0.4, 0.5) is 5.69 Å². The Labute approximate surface area is 138 Å². The highest BCUT2D eigenvalue weighted by molar-refractivity contribution is 7.89. The van der Waals surface area contributed by atoms with Crippen molar-refractivity contribution in [3.05, 3.63) is 24.3 Å². The van der Waals surface area contributed by atoms with E-state index < -0.39 is 10.0 Å². The molecular weight excluding hydrogens is 314 g/mol. The van der Waals surface area contributed by atoms with E-state index in [1.165, 1.54) is 25.0 Å². The number of carbonyl (C=O) groups is 1. The van der Waals surface area contributed by atoms with Gasteiger partial charge >= 0.3 is 0 Å². The molecule has 1 amide bonds. The second-order valence-electron chi connectivity index (χ2n) is 6.45. The smallest absolute Gasteiger partial charge is 0.238 e. The van der Waals surface area contributed by atoms with Gasteiger partial charge < -0.3 is 5.32 Å². The predicted molar refractivity (Wildman–Crippen MR) is 90.5 cm³/mol. The summed E-state index contributed by atoms with van der Waals surface area (Å²) in [6.07, 6.45) is 4.64. The Morgan fingerprint density at radius 3 is 2.57 bits per heavy atom. The Morgan fingerprint density at radius 2 is 1.96 bits per heavy atom. The number of carbonyl (C=O) groups excluding carboxylic acids is 1. The molecule has 0 bridgehead atoms. The first kappa shape index (κ1) is 17.9. The highest BCUT2D eigenvalue weighted by atomic mass is 32.2. The van der Waals surface area contributed by atoms with E-state index in [4.69, 9.17) is 5.14 Å². The van der Waals surface area contributed by atoms with E-state index in [2.05, 4.69) is 17.1 Å². The van der Waals surface area contributed by atoms with Crippen molar-refractivity contribution in [1.82, 2.24) is 4.90 Å². The van der Waals surface area contributed by atoms with Crippen LogP contribution in [0.15, 0.2) is 29.2 Å². The Kier molecular flexibility index (Phi) is 5.78. The lowest BCUT2D eigenvalue weighted by Gasteiger charge is -2.33. The van der Waals surface area contributed by atoms with Crippen molar-refractivity contribution in [3.63, 3.8) is 0 Å². The second-order valence-corrected chi connectivity index (χ2v) is 8.01. The SMILES string of the molecule is CC1CCC(N(C)CC(=O)Nc2cccc(S(N)(=O)=O)c2)CC1. The molecule has 1 saturated carbocycles. The van der Waals surface area contributed by atoms with E-state index >= 15 is 0 Å². The molecule has 0 aromatic heterocycles. The zero-order valence-electron chi connectivity index (χ0n) is 13.7. The molecule has 2 rings (SSSR count). The molecule has 1 fully saturated rings. The fourth-order valence-corrected chi connectivity index (χ4v) is 3.55. The number of sulfonamides is 1. The molecule has 6 nitrogen and oxygen atoms in total. The number of primary sulfonamides is 1. The number of hydrogen-bond acceptors (Lipinski definition) is 4. The monoisotopic (exact) mass is 339 g/mol. The molecule has 0 unspecified atom stereocenters. The molecule has 0 radical (unpaired) electrons. The van der Waals surface area contributed by atoms with Gasteiger partial charge in [0.25, 0.3) is 0 Å². The van der Waals surface area contributed by atoms with E-state index in [9.17, 15) is 13.2 Å². The average Bonchev–Trinajstić information content (AvgIpc) is 2.47. The minimum Gasteiger partial charge on any atom is -0.325 e. The Bertz CT molecular complexity index is 652. The van der Waals surface area contributed by atoms with Crippen molar-refractivity contribution >= 4 is 21.6 Å². The zero-order chi connectivity index (χ0) is 17.0. The Hall–Kier alpha value is -1.44. The summed E-state index contributed by atoms with van der Waals surface area (Å²) in [5.41, 5.74) is 0.437. The molecule has 1 aromatic carbocycles. The minimum absolute atomic E-state index is 0.00933. The van der Waals surface area contributed by atoms with Crippen LogP contribution in [0.1, 0.15) is 32.6 Å². The third-order valence-electron chi connectivity index (χ3n) is 4.45. The summed E-state index contributed by atoms with van der Waals surface area (Å²) in [7, 11) is -1.81. The van der Waals surface area contributed by atoms with Crippen LogP contribution in [-0.2, 0) is 14.8 Å². The van der Waals surface area contributed by atoms with Crippen LogP contribution < -0.4 is 10.5 Å². The number of likely N-dealkylation sites (N-methyl/N-ethyl adjacent to an activating group) is 1. The number of nitrogens with two attached hydrogens (primary N) is 1. The maximum Gasteiger partial charge on any atom is 0.238 e. The number of anilines is 1. The highest BCUT2D eigenvalue weighted by Gasteiger charge is 2.23. The Morgan fingerprint density at radius 1 is 1.30 bits per heavy atom. The highest BCUT2D eigenvalue weighted by Crippen LogP contribution is 2.26. The summed E-state index contributed by atoms with van der Waals surface area (Å²) in [6.45, 7) is 2.56. The topological polar surface area (TPSA) is 92.5 Å². The van der Waals surface area contributed by atoms with E-state index in [0.29, 0.717) is 18.3 Å². The number of nitrogens with zero attached hydrogens (tertiary/aromatic N) is 1. The lowest BCUT2D eigenvalue weighted by Crippen LogP contribution is -2.39. The summed E-state index contributed by atoms with van der Waals surface area (Å²) in [5.74, 6) is 0.618. The summed E-state index contributed by atoms with van der Waals surface area (Å²) in [5, 5.41) is 7.83. The molecule has 0 saturated heterocycles. The minimum atomic E-state index is -3.77. The van der Waals surface area contributed by atoms with E-state index in [0.717, 1.165) is 18.8 Å². The van der Waals surface area contributed by atoms with E-state index in [1.54, 1.807) is 12.1 Å². The van der Waals surface area contributed by atoms with Gasteiger partial charge in [0.05, 0.1) is 11.4 Å². The van der Waals surface area contributed by atoms with Gasteiger partial charge in [-0.2, -0.15) is 0 Å². The molecule has 3 N–H and O–H groups in total. The second kappa shape index (κ2) is 7.42. The third-order valence-corrected chi connectivity index (χ3v) is 5.36. The molecule has 0 heterocycles. The summed E-state index contributed by atoms with van der Waals surface area (Å²) >= 11 is 0. The first-order valence-corrected chi connectivity index (χ1v) is 9.43. The molecule has 0 aliphatic heterocycles. The lowest BCUT2D eigenvalue weighted by molar-refractivity contribution is -0.117. The number of hydrogen-bond donors (Lipinski definition) is 2. The van der Waals surface area contributed by atoms with Gasteiger partial charge in [-0.1, -0.05) is 13.0 Å². The molecule has 23 heavy (non-hydrogen) atoms. The lowest BCUT2D eigenvalue weighted by atomic mass is 9.87. The first-order valence-electron chi connectivity index (χ1n) is 7.88. The van der Waals surface area contributed by atoms with E-state index in [-0.39, 0.29) is 10.8 Å². The first-order chi connectivity index (χ1) is 10.8. The van der Waals surface area contributed by atoms with Gasteiger partial charge in [0.2, 0.25) is 15.9 Å². The molecule has 0 spiro atoms. The van der Waals surface area contributed by atoms with Crippen LogP contribution in [0.2, 0.25) is 0 Å². The predicted octanol–water partition coefficient (Wildman–Crippen LogP) is 1.78. The van der Waals surface area contributed by atoms with Crippen LogP contribution in [0.25, 0.3) is 0 Å². The van der Waals surface area contributed by atoms with Gasteiger partial charge in [-0.25, -0.2) is 13.6 Å². The van der Waals surface area contributed by atoms with Crippen LogP contribution in [-0.4, -0.2) is 38.9 Å². The molecule has 7 heteroatoms. The summed E-state index contributed by atoms with van der Waals surface area (Å²) in [6, 6.07) is 6.42. The van der Waals surface area contributed by atoms with Crippen LogP contribution >= 0.6 is 0 Å². The van der Waals surface area contributed by atoms with Crippen molar-refractivity contribution in [1.29, 1.82) is 0 Å². The summed E-state index contributed by atoms with van der Waals surface area (Å²) in [4.78, 5) is 14.2. The van der Waals surface area contributed by atoms with Crippen LogP contribution in [0, 0.1) is 5.92 Å². The molecule has 1 aliphatic rings. The number of benzene rings is 1. The molecule has 1 aliphatic carbocycles. The maximum atomic E-state index is 12.2. The quantitative estimate of drug-likeness (QED) is 0.855. The third kappa shape index (κ3) is 5.30. The van der Waals surface area contributed by atoms with Gasteiger partial charge in [-0.3, -0.25) is 9.69 Å². The fraction of sp³-hybridized carbons (Fsp3) is 0.562. The van der Waals surface area contributed by atoms with Crippen molar-refractivity contribution < 1.29 is 13.2 Å². The largest absolute Gasteiger partial charge is 0.325 e. The standard InChI is InChI=1S/C16H25N3O3S/c1-12-6-8-14(9-7-12)19(2)11-16(20)18-13-4-3-5-15(10-13)23(17,21)22/h3-5,10,12,14H,6-9,11H2,1-2H3,(H,18,20)(H2,17,21,22). The van der Waals surface area contributed by atoms with Crippen molar-refractivity contribution in [2.75, 3.05) is 18.9 Å². The number of rotatable bonds is 5. The van der Waals surface area contributed by atoms with Crippen LogP contribution in [0.3, 0.4) is 0 Å². The average molecular weight is 339 g/mol. The van der Waals surface area contributed by atoms with Gasteiger partial charge in [0.1, 0.15) is 0 Å². The van der Waals surface area contributed by atoms with Gasteiger partial charge in [-0.15, -0.1) is 0 Å². The van der Waals surface area contributed by atoms with Gasteiger partial charge in [0, 0.05) is 11.7 Å². The fourth-order valence-electron chi connectivity index (χ4n) is 2.99. The van der Waals surface area contributed by atoms with Crippen molar-refractivity contribution in [2.45, 2.75) is 43.5 Å². The maximum absolute atomic E-state index is 12.2. The van der Waals surface area contributed by atoms with E-state index in [1.807, 2.05) is 7.05 Å². The molecule has 0 atom stereocenters. The van der Waals surface area contributed by atoms with Crippen molar-refractivity contribution in [3.8, 4) is 0 Å². The molecule has 1 aromatic rings.